The predicted octanol–water partition coefficient (Wildman–Crippen LogP) is 15.3. The van der Waals surface area contributed by atoms with Crippen molar-refractivity contribution >= 4 is 27.8 Å². The summed E-state index contributed by atoms with van der Waals surface area (Å²) in [4.78, 5) is 2.35. The molecular formula is C55H41N. The van der Waals surface area contributed by atoms with Crippen molar-refractivity contribution in [2.45, 2.75) is 19.3 Å². The maximum Gasteiger partial charge on any atom is 0.0462 e. The van der Waals surface area contributed by atoms with Crippen molar-refractivity contribution in [3.8, 4) is 55.6 Å². The van der Waals surface area contributed by atoms with Gasteiger partial charge in [-0.1, -0.05) is 190 Å². The van der Waals surface area contributed by atoms with Crippen molar-refractivity contribution in [3.63, 3.8) is 0 Å². The highest BCUT2D eigenvalue weighted by Crippen LogP contribution is 2.58. The zero-order chi connectivity index (χ0) is 37.6. The topological polar surface area (TPSA) is 3.24 Å². The van der Waals surface area contributed by atoms with Gasteiger partial charge in [-0.2, -0.15) is 0 Å². The minimum Gasteiger partial charge on any atom is -0.311 e. The summed E-state index contributed by atoms with van der Waals surface area (Å²) in [6.45, 7) is 4.79. The van der Waals surface area contributed by atoms with E-state index in [1.54, 1.807) is 0 Å². The van der Waals surface area contributed by atoms with Gasteiger partial charge in [0.2, 0.25) is 0 Å². The van der Waals surface area contributed by atoms with Crippen LogP contribution in [0.2, 0.25) is 0 Å². The lowest BCUT2D eigenvalue weighted by atomic mass is 9.77. The molecule has 266 valence electrons. The van der Waals surface area contributed by atoms with Gasteiger partial charge < -0.3 is 4.90 Å². The summed E-state index contributed by atoms with van der Waals surface area (Å²) >= 11 is 0. The van der Waals surface area contributed by atoms with E-state index in [-0.39, 0.29) is 5.41 Å². The SMILES string of the molecule is CC1(C)c2ccccc2-c2c(-c3ccc(-c4ccccc4)cc3)c(-c3ccc(N(c4ccccc4)c4ccc(-c5ccccc5)cc4)cc3)c3ccccc3c21. The van der Waals surface area contributed by atoms with E-state index in [2.05, 4.69) is 231 Å². The molecule has 0 amide bonds. The molecule has 0 unspecified atom stereocenters. The second-order valence-corrected chi connectivity index (χ2v) is 15.3. The smallest absolute Gasteiger partial charge is 0.0462 e. The van der Waals surface area contributed by atoms with Crippen molar-refractivity contribution in [2.75, 3.05) is 4.90 Å². The molecule has 0 saturated carbocycles. The number of fused-ring (bicyclic) bond motifs is 5. The quantitative estimate of drug-likeness (QED) is 0.159. The Hall–Kier alpha value is -6.96. The Morgan fingerprint density at radius 1 is 0.304 bits per heavy atom. The van der Waals surface area contributed by atoms with Gasteiger partial charge in [0.1, 0.15) is 0 Å². The average molecular weight is 716 g/mol. The molecule has 1 heteroatoms. The van der Waals surface area contributed by atoms with Gasteiger partial charge >= 0.3 is 0 Å². The molecule has 0 radical (unpaired) electrons. The minimum atomic E-state index is -0.154. The third-order valence-corrected chi connectivity index (χ3v) is 11.7. The van der Waals surface area contributed by atoms with Crippen LogP contribution in [-0.4, -0.2) is 0 Å². The van der Waals surface area contributed by atoms with E-state index in [1.165, 1.54) is 77.5 Å². The van der Waals surface area contributed by atoms with Crippen LogP contribution in [0.4, 0.5) is 17.1 Å². The van der Waals surface area contributed by atoms with E-state index < -0.39 is 0 Å². The highest BCUT2D eigenvalue weighted by Gasteiger charge is 2.39. The van der Waals surface area contributed by atoms with E-state index in [0.29, 0.717) is 0 Å². The van der Waals surface area contributed by atoms with Crippen LogP contribution < -0.4 is 4.90 Å². The van der Waals surface area contributed by atoms with Gasteiger partial charge in [0.15, 0.2) is 0 Å². The largest absolute Gasteiger partial charge is 0.311 e. The zero-order valence-corrected chi connectivity index (χ0v) is 31.7. The average Bonchev–Trinajstić information content (AvgIpc) is 3.51. The third kappa shape index (κ3) is 5.63. The maximum absolute atomic E-state index is 2.39. The number of hydrogen-bond acceptors (Lipinski definition) is 1. The van der Waals surface area contributed by atoms with E-state index in [1.807, 2.05) is 0 Å². The molecule has 9 aromatic rings. The van der Waals surface area contributed by atoms with Gasteiger partial charge in [-0.3, -0.25) is 0 Å². The summed E-state index contributed by atoms with van der Waals surface area (Å²) in [6.07, 6.45) is 0. The third-order valence-electron chi connectivity index (χ3n) is 11.7. The Balaban J connectivity index is 1.17. The summed E-state index contributed by atoms with van der Waals surface area (Å²) < 4.78 is 0. The number of anilines is 3. The summed E-state index contributed by atoms with van der Waals surface area (Å²) in [5.74, 6) is 0. The fourth-order valence-electron chi connectivity index (χ4n) is 9.02. The van der Waals surface area contributed by atoms with Crippen LogP contribution in [0.5, 0.6) is 0 Å². The molecule has 0 spiro atoms. The van der Waals surface area contributed by atoms with Crippen molar-refractivity contribution in [1.82, 2.24) is 0 Å². The number of nitrogens with zero attached hydrogens (tertiary/aromatic N) is 1. The number of hydrogen-bond donors (Lipinski definition) is 0. The molecule has 56 heavy (non-hydrogen) atoms. The first-order valence-corrected chi connectivity index (χ1v) is 19.5. The molecule has 1 nitrogen and oxygen atoms in total. The number of rotatable bonds is 7. The molecule has 0 heterocycles. The summed E-state index contributed by atoms with van der Waals surface area (Å²) in [5, 5.41) is 2.59. The van der Waals surface area contributed by atoms with Crippen molar-refractivity contribution in [2.24, 2.45) is 0 Å². The molecule has 0 saturated heterocycles. The van der Waals surface area contributed by atoms with Gasteiger partial charge in [-0.05, 0) is 114 Å². The van der Waals surface area contributed by atoms with Crippen LogP contribution in [0.25, 0.3) is 66.4 Å². The highest BCUT2D eigenvalue weighted by molar-refractivity contribution is 6.14. The van der Waals surface area contributed by atoms with Crippen LogP contribution in [0.3, 0.4) is 0 Å². The Labute approximate surface area is 329 Å². The van der Waals surface area contributed by atoms with Gasteiger partial charge in [0.05, 0.1) is 0 Å². The number of benzene rings is 9. The van der Waals surface area contributed by atoms with E-state index >= 15 is 0 Å². The molecular weight excluding hydrogens is 675 g/mol. The van der Waals surface area contributed by atoms with Gasteiger partial charge in [-0.15, -0.1) is 0 Å². The van der Waals surface area contributed by atoms with Crippen LogP contribution in [0, 0.1) is 0 Å². The van der Waals surface area contributed by atoms with Crippen molar-refractivity contribution in [1.29, 1.82) is 0 Å². The standard InChI is InChI=1S/C55H41N/c1-55(2)50-25-15-14-24-49(50)53-52(43-28-26-40(27-29-43)38-16-6-3-7-17-38)51(47-22-12-13-23-48(47)54(53)55)42-32-36-46(37-33-42)56(44-20-10-5-11-21-44)45-34-30-41(31-35-45)39-18-8-4-9-19-39/h3-37H,1-2H3. The second-order valence-electron chi connectivity index (χ2n) is 15.3. The fourth-order valence-corrected chi connectivity index (χ4v) is 9.02. The first-order chi connectivity index (χ1) is 27.6. The fraction of sp³-hybridized carbons (Fsp3) is 0.0545. The van der Waals surface area contributed by atoms with Gasteiger partial charge in [-0.25, -0.2) is 0 Å². The second kappa shape index (κ2) is 13.7. The normalized spacial score (nSPS) is 12.6. The lowest BCUT2D eigenvalue weighted by Crippen LogP contribution is -2.15. The molecule has 0 N–H and O–H groups in total. The Bertz CT molecular complexity index is 2820. The molecule has 10 rings (SSSR count). The van der Waals surface area contributed by atoms with Crippen LogP contribution in [0.1, 0.15) is 25.0 Å². The molecule has 0 aliphatic heterocycles. The Morgan fingerprint density at radius 3 is 1.29 bits per heavy atom. The maximum atomic E-state index is 2.39. The van der Waals surface area contributed by atoms with E-state index in [9.17, 15) is 0 Å². The predicted molar refractivity (Wildman–Crippen MR) is 238 cm³/mol. The lowest BCUT2D eigenvalue weighted by molar-refractivity contribution is 0.666. The molecule has 1 aliphatic rings. The van der Waals surface area contributed by atoms with E-state index in [0.717, 1.165) is 17.1 Å². The van der Waals surface area contributed by atoms with E-state index in [4.69, 9.17) is 0 Å². The highest BCUT2D eigenvalue weighted by atomic mass is 15.1. The van der Waals surface area contributed by atoms with Crippen molar-refractivity contribution < 1.29 is 0 Å². The lowest BCUT2D eigenvalue weighted by Gasteiger charge is -2.27. The molecule has 0 fully saturated rings. The summed E-state index contributed by atoms with van der Waals surface area (Å²) in [6, 6.07) is 77.4. The molecule has 9 aromatic carbocycles. The van der Waals surface area contributed by atoms with Gasteiger partial charge in [0.25, 0.3) is 0 Å². The minimum absolute atomic E-state index is 0.154. The van der Waals surface area contributed by atoms with Crippen molar-refractivity contribution in [3.05, 3.63) is 223 Å². The molecule has 1 aliphatic carbocycles. The molecule has 0 bridgehead atoms. The molecule has 0 atom stereocenters. The van der Waals surface area contributed by atoms with Gasteiger partial charge in [0, 0.05) is 22.5 Å². The molecule has 0 aromatic heterocycles. The van der Waals surface area contributed by atoms with Crippen LogP contribution in [0.15, 0.2) is 212 Å². The summed E-state index contributed by atoms with van der Waals surface area (Å²) in [7, 11) is 0. The monoisotopic (exact) mass is 715 g/mol. The first kappa shape index (κ1) is 33.6. The zero-order valence-electron chi connectivity index (χ0n) is 31.7. The first-order valence-electron chi connectivity index (χ1n) is 19.5. The Kier molecular flexibility index (Phi) is 8.23. The van der Waals surface area contributed by atoms with Crippen LogP contribution >= 0.6 is 0 Å². The summed E-state index contributed by atoms with van der Waals surface area (Å²) in [5.41, 5.74) is 18.5. The number of para-hydroxylation sites is 1. The van der Waals surface area contributed by atoms with Crippen LogP contribution in [-0.2, 0) is 5.41 Å². The Morgan fingerprint density at radius 2 is 0.696 bits per heavy atom.